The number of hydrogen-bond acceptors (Lipinski definition) is 3. The highest BCUT2D eigenvalue weighted by Crippen LogP contribution is 2.25. The van der Waals surface area contributed by atoms with Gasteiger partial charge in [0.05, 0.1) is 4.47 Å². The summed E-state index contributed by atoms with van der Waals surface area (Å²) in [7, 11) is 0. The molecule has 0 atom stereocenters. The number of nitrogens with zero attached hydrogens (tertiary/aromatic N) is 1. The average molecular weight is 358 g/mol. The number of carbonyl (C=O) groups is 2. The molecule has 1 N–H and O–H groups in total. The van der Waals surface area contributed by atoms with Crippen molar-refractivity contribution in [2.24, 2.45) is 5.92 Å². The molecule has 0 bridgehead atoms. The number of hydrogen-bond donors (Lipinski definition) is 1. The topological polar surface area (TPSA) is 66.8 Å². The second-order valence-corrected chi connectivity index (χ2v) is 6.14. The summed E-state index contributed by atoms with van der Waals surface area (Å²) in [5.41, 5.74) is 1.08. The number of ether oxygens (including phenoxy) is 1. The maximum Gasteiger partial charge on any atom is 0.323 e. The second kappa shape index (κ2) is 8.02. The SMILES string of the molecule is Cc1ccc(OCC(=O)N(CC(=O)O)CC(C)C)c(Br)c1. The van der Waals surface area contributed by atoms with Crippen LogP contribution in [0, 0.1) is 12.8 Å². The zero-order chi connectivity index (χ0) is 16.0. The Morgan fingerprint density at radius 3 is 2.57 bits per heavy atom. The van der Waals surface area contributed by atoms with Crippen LogP contribution < -0.4 is 4.74 Å². The average Bonchev–Trinajstić information content (AvgIpc) is 2.35. The quantitative estimate of drug-likeness (QED) is 0.814. The molecule has 0 saturated carbocycles. The Kier molecular flexibility index (Phi) is 6.68. The molecule has 0 unspecified atom stereocenters. The van der Waals surface area contributed by atoms with E-state index >= 15 is 0 Å². The first-order chi connectivity index (χ1) is 9.79. The Labute approximate surface area is 133 Å². The summed E-state index contributed by atoms with van der Waals surface area (Å²) in [4.78, 5) is 24.2. The number of carbonyl (C=O) groups excluding carboxylic acids is 1. The normalized spacial score (nSPS) is 10.5. The molecular formula is C15H20BrNO4. The van der Waals surface area contributed by atoms with Crippen molar-refractivity contribution in [3.05, 3.63) is 28.2 Å². The van der Waals surface area contributed by atoms with Crippen molar-refractivity contribution in [2.75, 3.05) is 19.7 Å². The monoisotopic (exact) mass is 357 g/mol. The third-order valence-corrected chi connectivity index (χ3v) is 3.32. The molecule has 1 aromatic carbocycles. The number of aliphatic carboxylic acids is 1. The highest BCUT2D eigenvalue weighted by atomic mass is 79.9. The highest BCUT2D eigenvalue weighted by Gasteiger charge is 2.18. The minimum Gasteiger partial charge on any atom is -0.483 e. The van der Waals surface area contributed by atoms with E-state index in [9.17, 15) is 9.59 Å². The fourth-order valence-electron chi connectivity index (χ4n) is 1.81. The first kappa shape index (κ1) is 17.5. The Bertz CT molecular complexity index is 516. The maximum absolute atomic E-state index is 12.1. The van der Waals surface area contributed by atoms with Gasteiger partial charge < -0.3 is 14.7 Å². The van der Waals surface area contributed by atoms with Gasteiger partial charge in [0.1, 0.15) is 12.3 Å². The van der Waals surface area contributed by atoms with Gasteiger partial charge >= 0.3 is 5.97 Å². The van der Waals surface area contributed by atoms with E-state index in [0.29, 0.717) is 12.3 Å². The van der Waals surface area contributed by atoms with Crippen molar-refractivity contribution in [3.63, 3.8) is 0 Å². The first-order valence-electron chi connectivity index (χ1n) is 6.68. The van der Waals surface area contributed by atoms with Crippen molar-refractivity contribution in [2.45, 2.75) is 20.8 Å². The van der Waals surface area contributed by atoms with Gasteiger partial charge in [0.15, 0.2) is 6.61 Å². The third-order valence-electron chi connectivity index (χ3n) is 2.70. The van der Waals surface area contributed by atoms with Crippen molar-refractivity contribution in [1.29, 1.82) is 0 Å². The predicted molar refractivity (Wildman–Crippen MR) is 83.4 cm³/mol. The van der Waals surface area contributed by atoms with Crippen LogP contribution in [0.5, 0.6) is 5.75 Å². The van der Waals surface area contributed by atoms with Crippen LogP contribution in [0.3, 0.4) is 0 Å². The fraction of sp³-hybridized carbons (Fsp3) is 0.467. The lowest BCUT2D eigenvalue weighted by atomic mass is 10.2. The number of benzene rings is 1. The molecule has 5 nitrogen and oxygen atoms in total. The minimum absolute atomic E-state index is 0.179. The van der Waals surface area contributed by atoms with Gasteiger partial charge in [-0.3, -0.25) is 9.59 Å². The van der Waals surface area contributed by atoms with Gasteiger partial charge in [-0.2, -0.15) is 0 Å². The molecule has 0 heterocycles. The summed E-state index contributed by atoms with van der Waals surface area (Å²) in [5.74, 6) is -0.604. The van der Waals surface area contributed by atoms with E-state index in [1.807, 2.05) is 32.9 Å². The summed E-state index contributed by atoms with van der Waals surface area (Å²) < 4.78 is 6.23. The van der Waals surface area contributed by atoms with Crippen molar-refractivity contribution < 1.29 is 19.4 Å². The summed E-state index contributed by atoms with van der Waals surface area (Å²) in [5, 5.41) is 8.86. The summed E-state index contributed by atoms with van der Waals surface area (Å²) in [6.07, 6.45) is 0. The lowest BCUT2D eigenvalue weighted by Gasteiger charge is -2.22. The molecule has 1 amide bonds. The van der Waals surface area contributed by atoms with Gasteiger partial charge in [0.2, 0.25) is 0 Å². The van der Waals surface area contributed by atoms with E-state index in [-0.39, 0.29) is 25.0 Å². The third kappa shape index (κ3) is 6.16. The molecule has 0 spiro atoms. The molecule has 1 rings (SSSR count). The molecule has 21 heavy (non-hydrogen) atoms. The largest absolute Gasteiger partial charge is 0.483 e. The zero-order valence-corrected chi connectivity index (χ0v) is 14.0. The molecule has 0 aliphatic heterocycles. The Balaban J connectivity index is 2.66. The maximum atomic E-state index is 12.1. The lowest BCUT2D eigenvalue weighted by molar-refractivity contribution is -0.145. The van der Waals surface area contributed by atoms with Crippen molar-refractivity contribution >= 4 is 27.8 Å². The van der Waals surface area contributed by atoms with Crippen LogP contribution in [-0.4, -0.2) is 41.6 Å². The zero-order valence-electron chi connectivity index (χ0n) is 12.4. The standard InChI is InChI=1S/C15H20BrNO4/c1-10(2)7-17(8-15(19)20)14(18)9-21-13-5-4-11(3)6-12(13)16/h4-6,10H,7-9H2,1-3H3,(H,19,20). The van der Waals surface area contributed by atoms with Gasteiger partial charge in [0.25, 0.3) is 5.91 Å². The minimum atomic E-state index is -1.03. The van der Waals surface area contributed by atoms with E-state index in [0.717, 1.165) is 10.0 Å². The molecule has 1 aromatic rings. The second-order valence-electron chi connectivity index (χ2n) is 5.28. The van der Waals surface area contributed by atoms with Crippen molar-refractivity contribution in [3.8, 4) is 5.75 Å². The molecule has 0 radical (unpaired) electrons. The van der Waals surface area contributed by atoms with Crippen LogP contribution in [0.15, 0.2) is 22.7 Å². The van der Waals surface area contributed by atoms with Gasteiger partial charge in [0, 0.05) is 6.54 Å². The van der Waals surface area contributed by atoms with E-state index in [1.165, 1.54) is 4.90 Å². The van der Waals surface area contributed by atoms with Gasteiger partial charge in [-0.05, 0) is 46.5 Å². The van der Waals surface area contributed by atoms with Crippen LogP contribution in [0.25, 0.3) is 0 Å². The van der Waals surface area contributed by atoms with Gasteiger partial charge in [-0.25, -0.2) is 0 Å². The highest BCUT2D eigenvalue weighted by molar-refractivity contribution is 9.10. The van der Waals surface area contributed by atoms with Crippen LogP contribution in [0.2, 0.25) is 0 Å². The van der Waals surface area contributed by atoms with Gasteiger partial charge in [-0.15, -0.1) is 0 Å². The molecule has 0 aliphatic carbocycles. The van der Waals surface area contributed by atoms with Crippen molar-refractivity contribution in [1.82, 2.24) is 4.90 Å². The Morgan fingerprint density at radius 1 is 1.38 bits per heavy atom. The number of amides is 1. The van der Waals surface area contributed by atoms with E-state index in [2.05, 4.69) is 15.9 Å². The Morgan fingerprint density at radius 2 is 2.05 bits per heavy atom. The summed E-state index contributed by atoms with van der Waals surface area (Å²) >= 11 is 3.37. The number of halogens is 1. The summed E-state index contributed by atoms with van der Waals surface area (Å²) in [6, 6.07) is 5.55. The fourth-order valence-corrected chi connectivity index (χ4v) is 2.42. The molecule has 6 heteroatoms. The van der Waals surface area contributed by atoms with E-state index < -0.39 is 5.97 Å². The smallest absolute Gasteiger partial charge is 0.323 e. The molecule has 0 fully saturated rings. The van der Waals surface area contributed by atoms with Crippen LogP contribution in [0.4, 0.5) is 0 Å². The van der Waals surface area contributed by atoms with Crippen LogP contribution in [-0.2, 0) is 9.59 Å². The summed E-state index contributed by atoms with van der Waals surface area (Å²) in [6.45, 7) is 5.72. The van der Waals surface area contributed by atoms with Gasteiger partial charge in [-0.1, -0.05) is 19.9 Å². The molecular weight excluding hydrogens is 338 g/mol. The molecule has 0 saturated heterocycles. The number of rotatable bonds is 7. The number of carboxylic acids is 1. The molecule has 0 aliphatic rings. The number of carboxylic acid groups (broad SMARTS) is 1. The lowest BCUT2D eigenvalue weighted by Crippen LogP contribution is -2.40. The first-order valence-corrected chi connectivity index (χ1v) is 7.47. The van der Waals surface area contributed by atoms with Crippen LogP contribution in [0.1, 0.15) is 19.4 Å². The van der Waals surface area contributed by atoms with E-state index in [1.54, 1.807) is 6.07 Å². The molecule has 0 aromatic heterocycles. The van der Waals surface area contributed by atoms with E-state index in [4.69, 9.17) is 9.84 Å². The Hall–Kier alpha value is -1.56. The molecule has 116 valence electrons. The predicted octanol–water partition coefficient (Wildman–Crippen LogP) is 2.71. The van der Waals surface area contributed by atoms with Crippen LogP contribution >= 0.6 is 15.9 Å². The number of aryl methyl sites for hydroxylation is 1.